The molecule has 1 amide bonds. The smallest absolute Gasteiger partial charge is 0.309 e. The SMILES string of the molecule is CCOC(=O)C1CCN(C(=O)CN2CCN(c3ccccc3O)CC2)CC1. The topological polar surface area (TPSA) is 73.3 Å². The zero-order valence-corrected chi connectivity index (χ0v) is 16.0. The third-order valence-electron chi connectivity index (χ3n) is 5.42. The number of piperazine rings is 1. The third-order valence-corrected chi connectivity index (χ3v) is 5.42. The molecule has 7 heteroatoms. The zero-order chi connectivity index (χ0) is 19.2. The predicted octanol–water partition coefficient (Wildman–Crippen LogP) is 1.32. The Bertz CT molecular complexity index is 650. The van der Waals surface area contributed by atoms with E-state index in [-0.39, 0.29) is 17.8 Å². The second kappa shape index (κ2) is 9.08. The highest BCUT2D eigenvalue weighted by Crippen LogP contribution is 2.27. The van der Waals surface area contributed by atoms with Crippen LogP contribution >= 0.6 is 0 Å². The van der Waals surface area contributed by atoms with E-state index in [0.29, 0.717) is 44.8 Å². The van der Waals surface area contributed by atoms with Crippen molar-refractivity contribution in [2.24, 2.45) is 5.92 Å². The van der Waals surface area contributed by atoms with Gasteiger partial charge in [-0.1, -0.05) is 12.1 Å². The van der Waals surface area contributed by atoms with E-state index in [1.165, 1.54) is 0 Å². The maximum Gasteiger partial charge on any atom is 0.309 e. The van der Waals surface area contributed by atoms with Gasteiger partial charge < -0.3 is 19.6 Å². The van der Waals surface area contributed by atoms with Crippen LogP contribution in [0.3, 0.4) is 0 Å². The maximum atomic E-state index is 12.6. The van der Waals surface area contributed by atoms with Crippen molar-refractivity contribution in [3.8, 4) is 5.75 Å². The first-order chi connectivity index (χ1) is 13.1. The molecule has 2 aliphatic heterocycles. The highest BCUT2D eigenvalue weighted by molar-refractivity contribution is 5.79. The van der Waals surface area contributed by atoms with Gasteiger partial charge in [0.2, 0.25) is 5.91 Å². The minimum atomic E-state index is -0.134. The number of para-hydroxylation sites is 2. The van der Waals surface area contributed by atoms with E-state index in [1.54, 1.807) is 6.07 Å². The lowest BCUT2D eigenvalue weighted by molar-refractivity contribution is -0.151. The van der Waals surface area contributed by atoms with Crippen LogP contribution in [-0.4, -0.2) is 79.2 Å². The van der Waals surface area contributed by atoms with E-state index in [1.807, 2.05) is 30.0 Å². The van der Waals surface area contributed by atoms with Crippen LogP contribution in [0.4, 0.5) is 5.69 Å². The Hall–Kier alpha value is -2.28. The number of esters is 1. The molecule has 1 N–H and O–H groups in total. The molecule has 0 atom stereocenters. The van der Waals surface area contributed by atoms with Crippen LogP contribution in [0.2, 0.25) is 0 Å². The van der Waals surface area contributed by atoms with Gasteiger partial charge in [-0.3, -0.25) is 14.5 Å². The number of phenolic OH excluding ortho intramolecular Hbond substituents is 1. The molecule has 2 fully saturated rings. The van der Waals surface area contributed by atoms with Gasteiger partial charge in [-0.05, 0) is 31.9 Å². The van der Waals surface area contributed by atoms with Crippen LogP contribution in [0.15, 0.2) is 24.3 Å². The summed E-state index contributed by atoms with van der Waals surface area (Å²) in [5, 5.41) is 9.99. The highest BCUT2D eigenvalue weighted by Gasteiger charge is 2.29. The Kier molecular flexibility index (Phi) is 6.55. The lowest BCUT2D eigenvalue weighted by Crippen LogP contribution is -2.51. The first kappa shape index (κ1) is 19.5. The number of carbonyl (C=O) groups excluding carboxylic acids is 2. The fourth-order valence-electron chi connectivity index (χ4n) is 3.79. The second-order valence-electron chi connectivity index (χ2n) is 7.16. The summed E-state index contributed by atoms with van der Waals surface area (Å²) in [6.45, 7) is 7.05. The number of benzene rings is 1. The fourth-order valence-corrected chi connectivity index (χ4v) is 3.79. The standard InChI is InChI=1S/C20H29N3O4/c1-2-27-20(26)16-7-9-23(10-8-16)19(25)15-21-11-13-22(14-12-21)17-5-3-4-6-18(17)24/h3-6,16,24H,2,7-15H2,1H3. The molecule has 0 aromatic heterocycles. The van der Waals surface area contributed by atoms with Gasteiger partial charge in [-0.25, -0.2) is 0 Å². The summed E-state index contributed by atoms with van der Waals surface area (Å²) >= 11 is 0. The molecule has 2 saturated heterocycles. The summed E-state index contributed by atoms with van der Waals surface area (Å²) in [6, 6.07) is 7.36. The Balaban J connectivity index is 1.42. The molecule has 2 aliphatic rings. The summed E-state index contributed by atoms with van der Waals surface area (Å²) in [7, 11) is 0. The molecular formula is C20H29N3O4. The zero-order valence-electron chi connectivity index (χ0n) is 16.0. The van der Waals surface area contributed by atoms with Crippen LogP contribution in [0.1, 0.15) is 19.8 Å². The molecule has 1 aromatic carbocycles. The average molecular weight is 375 g/mol. The van der Waals surface area contributed by atoms with Gasteiger partial charge in [-0.2, -0.15) is 0 Å². The highest BCUT2D eigenvalue weighted by atomic mass is 16.5. The monoisotopic (exact) mass is 375 g/mol. The number of likely N-dealkylation sites (tertiary alicyclic amines) is 1. The fraction of sp³-hybridized carbons (Fsp3) is 0.600. The van der Waals surface area contributed by atoms with E-state index in [2.05, 4.69) is 9.80 Å². The van der Waals surface area contributed by atoms with Gasteiger partial charge >= 0.3 is 5.97 Å². The van der Waals surface area contributed by atoms with Gasteiger partial charge in [0, 0.05) is 39.3 Å². The summed E-state index contributed by atoms with van der Waals surface area (Å²) in [5.41, 5.74) is 0.851. The Morgan fingerprint density at radius 1 is 1.07 bits per heavy atom. The third kappa shape index (κ3) is 4.91. The molecule has 148 valence electrons. The van der Waals surface area contributed by atoms with Gasteiger partial charge in [-0.15, -0.1) is 0 Å². The van der Waals surface area contributed by atoms with Gasteiger partial charge in [0.1, 0.15) is 5.75 Å². The van der Waals surface area contributed by atoms with E-state index in [9.17, 15) is 14.7 Å². The lowest BCUT2D eigenvalue weighted by atomic mass is 9.97. The number of piperidine rings is 1. The van der Waals surface area contributed by atoms with Crippen LogP contribution in [0.5, 0.6) is 5.75 Å². The normalized spacial score (nSPS) is 19.1. The molecule has 27 heavy (non-hydrogen) atoms. The van der Waals surface area contributed by atoms with Crippen LogP contribution in [0, 0.1) is 5.92 Å². The summed E-state index contributed by atoms with van der Waals surface area (Å²) in [5.74, 6) is 0.223. The Labute approximate surface area is 160 Å². The van der Waals surface area contributed by atoms with Crippen molar-refractivity contribution in [3.05, 3.63) is 24.3 Å². The predicted molar refractivity (Wildman–Crippen MR) is 103 cm³/mol. The summed E-state index contributed by atoms with van der Waals surface area (Å²) in [6.07, 6.45) is 1.37. The number of hydrogen-bond donors (Lipinski definition) is 1. The van der Waals surface area contributed by atoms with Crippen LogP contribution in [0.25, 0.3) is 0 Å². The number of phenols is 1. The summed E-state index contributed by atoms with van der Waals surface area (Å²) < 4.78 is 5.08. The van der Waals surface area contributed by atoms with Crippen molar-refractivity contribution in [2.75, 3.05) is 57.3 Å². The van der Waals surface area contributed by atoms with Crippen molar-refractivity contribution >= 4 is 17.6 Å². The molecule has 3 rings (SSSR count). The van der Waals surface area contributed by atoms with Gasteiger partial charge in [0.25, 0.3) is 0 Å². The molecule has 0 radical (unpaired) electrons. The number of anilines is 1. The maximum absolute atomic E-state index is 12.6. The van der Waals surface area contributed by atoms with E-state index >= 15 is 0 Å². The quantitative estimate of drug-likeness (QED) is 0.783. The number of aromatic hydroxyl groups is 1. The number of ether oxygens (including phenoxy) is 1. The van der Waals surface area contributed by atoms with Crippen LogP contribution < -0.4 is 4.90 Å². The van der Waals surface area contributed by atoms with Crippen molar-refractivity contribution in [2.45, 2.75) is 19.8 Å². The van der Waals surface area contributed by atoms with Crippen molar-refractivity contribution in [3.63, 3.8) is 0 Å². The van der Waals surface area contributed by atoms with Crippen molar-refractivity contribution < 1.29 is 19.4 Å². The van der Waals surface area contributed by atoms with E-state index < -0.39 is 0 Å². The van der Waals surface area contributed by atoms with Gasteiger partial charge in [0.15, 0.2) is 0 Å². The van der Waals surface area contributed by atoms with Crippen molar-refractivity contribution in [1.82, 2.24) is 9.80 Å². The van der Waals surface area contributed by atoms with Crippen LogP contribution in [-0.2, 0) is 14.3 Å². The number of amides is 1. The van der Waals surface area contributed by atoms with E-state index in [4.69, 9.17) is 4.74 Å². The number of carbonyl (C=O) groups is 2. The molecule has 0 unspecified atom stereocenters. The minimum absolute atomic E-state index is 0.0731. The van der Waals surface area contributed by atoms with E-state index in [0.717, 1.165) is 31.9 Å². The lowest BCUT2D eigenvalue weighted by Gasteiger charge is -2.37. The molecule has 0 saturated carbocycles. The molecule has 1 aromatic rings. The van der Waals surface area contributed by atoms with Gasteiger partial charge in [0.05, 0.1) is 24.8 Å². The molecule has 7 nitrogen and oxygen atoms in total. The molecule has 0 spiro atoms. The number of nitrogens with zero attached hydrogens (tertiary/aromatic N) is 3. The first-order valence-electron chi connectivity index (χ1n) is 9.78. The molecule has 0 bridgehead atoms. The minimum Gasteiger partial charge on any atom is -0.506 e. The second-order valence-corrected chi connectivity index (χ2v) is 7.16. The molecule has 0 aliphatic carbocycles. The number of hydrogen-bond acceptors (Lipinski definition) is 6. The Morgan fingerprint density at radius 3 is 2.37 bits per heavy atom. The Morgan fingerprint density at radius 2 is 1.74 bits per heavy atom. The van der Waals surface area contributed by atoms with Crippen molar-refractivity contribution in [1.29, 1.82) is 0 Å². The number of rotatable bonds is 5. The summed E-state index contributed by atoms with van der Waals surface area (Å²) in [4.78, 5) is 30.6. The first-order valence-corrected chi connectivity index (χ1v) is 9.78. The average Bonchev–Trinajstić information content (AvgIpc) is 2.69. The largest absolute Gasteiger partial charge is 0.506 e. The molecular weight excluding hydrogens is 346 g/mol. The molecule has 2 heterocycles.